The first-order valence-electron chi connectivity index (χ1n) is 26.1. The van der Waals surface area contributed by atoms with Crippen LogP contribution in [0.4, 0.5) is 0 Å². The Hall–Kier alpha value is -1.54. The zero-order chi connectivity index (χ0) is 45.1. The molecule has 0 amide bonds. The van der Waals surface area contributed by atoms with Gasteiger partial charge in [-0.05, 0) is 77.0 Å². The van der Waals surface area contributed by atoms with Gasteiger partial charge in [0.05, 0.1) is 19.8 Å². The Balaban J connectivity index is 3.92. The van der Waals surface area contributed by atoms with Crippen LogP contribution in [-0.4, -0.2) is 49.9 Å². The molecule has 0 heterocycles. The number of phosphoric acid groups is 1. The predicted molar refractivity (Wildman–Crippen MR) is 266 cm³/mol. The normalized spacial score (nSPS) is 13.7. The predicted octanol–water partition coefficient (Wildman–Crippen LogP) is 16.3. The molecular weight excluding hydrogens is 794 g/mol. The molecule has 0 spiro atoms. The molecule has 0 aromatic rings. The van der Waals surface area contributed by atoms with Crippen molar-refractivity contribution in [3.05, 3.63) is 48.6 Å². The summed E-state index contributed by atoms with van der Waals surface area (Å²) in [6, 6.07) is 0. The molecule has 0 aromatic carbocycles. The summed E-state index contributed by atoms with van der Waals surface area (Å²) >= 11 is 0. The van der Waals surface area contributed by atoms with E-state index in [2.05, 4.69) is 62.5 Å². The number of hydrogen-bond donors (Lipinski definition) is 2. The van der Waals surface area contributed by atoms with Gasteiger partial charge < -0.3 is 20.1 Å². The largest absolute Gasteiger partial charge is 0.472 e. The molecule has 9 heteroatoms. The lowest BCUT2D eigenvalue weighted by Crippen LogP contribution is -2.28. The van der Waals surface area contributed by atoms with Gasteiger partial charge in [-0.1, -0.05) is 210 Å². The molecule has 0 saturated carbocycles. The van der Waals surface area contributed by atoms with Crippen molar-refractivity contribution in [2.45, 2.75) is 251 Å². The fraction of sp³-hybridized carbons (Fsp3) is 0.830. The van der Waals surface area contributed by atoms with E-state index in [1.165, 1.54) is 180 Å². The summed E-state index contributed by atoms with van der Waals surface area (Å²) in [7, 11) is -4.28. The van der Waals surface area contributed by atoms with Crippen LogP contribution in [0, 0.1) is 0 Å². The van der Waals surface area contributed by atoms with Crippen molar-refractivity contribution in [3.8, 4) is 0 Å². The van der Waals surface area contributed by atoms with E-state index in [4.69, 9.17) is 24.3 Å². The van der Waals surface area contributed by atoms with E-state index in [-0.39, 0.29) is 32.3 Å². The zero-order valence-electron chi connectivity index (χ0n) is 40.6. The zero-order valence-corrected chi connectivity index (χ0v) is 41.5. The third-order valence-corrected chi connectivity index (χ3v) is 12.2. The van der Waals surface area contributed by atoms with Gasteiger partial charge in [0, 0.05) is 19.6 Å². The molecule has 0 bridgehead atoms. The summed E-state index contributed by atoms with van der Waals surface area (Å²) in [5.41, 5.74) is 5.39. The topological polar surface area (TPSA) is 117 Å². The Bertz CT molecular complexity index is 1090. The molecule has 0 aromatic heterocycles. The molecule has 0 saturated heterocycles. The first-order valence-corrected chi connectivity index (χ1v) is 27.6. The van der Waals surface area contributed by atoms with Gasteiger partial charge >= 0.3 is 13.8 Å². The van der Waals surface area contributed by atoms with E-state index in [1.54, 1.807) is 0 Å². The van der Waals surface area contributed by atoms with E-state index in [0.717, 1.165) is 44.9 Å². The number of ether oxygens (including phenoxy) is 2. The maximum Gasteiger partial charge on any atom is 0.472 e. The number of allylic oxidation sites excluding steroid dienone is 8. The summed E-state index contributed by atoms with van der Waals surface area (Å²) in [4.78, 5) is 22.6. The minimum Gasteiger partial charge on any atom is -0.457 e. The minimum atomic E-state index is -4.28. The monoisotopic (exact) mass is 894 g/mol. The van der Waals surface area contributed by atoms with Crippen molar-refractivity contribution in [2.24, 2.45) is 5.73 Å². The molecule has 62 heavy (non-hydrogen) atoms. The standard InChI is InChI=1S/C53H100NO7P/c1-3-5-7-9-11-13-15-17-19-21-23-24-25-26-27-28-29-30-32-34-36-38-40-42-44-46-53(55)61-52(51-60-62(56,57)59-49-47-54)50-58-48-45-43-41-39-37-35-33-31-22-20-18-16-14-12-10-8-6-4-2/h12,14-15,17-18,20-21,23,52H,3-11,13,16,19,22,24-51,54H2,1-2H3,(H,56,57)/b14-12-,17-15-,20-18-,23-21-. The Morgan fingerprint density at radius 2 is 0.855 bits per heavy atom. The summed E-state index contributed by atoms with van der Waals surface area (Å²) < 4.78 is 33.6. The molecule has 0 radical (unpaired) electrons. The van der Waals surface area contributed by atoms with Crippen molar-refractivity contribution in [1.82, 2.24) is 0 Å². The first kappa shape index (κ1) is 60.5. The van der Waals surface area contributed by atoms with E-state index >= 15 is 0 Å². The lowest BCUT2D eigenvalue weighted by molar-refractivity contribution is -0.154. The van der Waals surface area contributed by atoms with E-state index in [9.17, 15) is 14.3 Å². The first-order chi connectivity index (χ1) is 30.4. The number of carbonyl (C=O) groups is 1. The number of carbonyl (C=O) groups excluding carboxylic acids is 1. The lowest BCUT2D eigenvalue weighted by atomic mass is 10.0. The molecule has 2 unspecified atom stereocenters. The second-order valence-corrected chi connectivity index (χ2v) is 18.8. The van der Waals surface area contributed by atoms with Crippen molar-refractivity contribution in [3.63, 3.8) is 0 Å². The molecule has 2 atom stereocenters. The Morgan fingerprint density at radius 3 is 1.29 bits per heavy atom. The quantitative estimate of drug-likeness (QED) is 0.0268. The summed E-state index contributed by atoms with van der Waals surface area (Å²) in [6.07, 6.45) is 61.4. The Labute approximate surface area is 383 Å². The van der Waals surface area contributed by atoms with Crippen LogP contribution in [0.5, 0.6) is 0 Å². The molecule has 3 N–H and O–H groups in total. The number of unbranched alkanes of at least 4 members (excludes halogenated alkanes) is 29. The average Bonchev–Trinajstić information content (AvgIpc) is 3.26. The van der Waals surface area contributed by atoms with Gasteiger partial charge in [0.15, 0.2) is 0 Å². The van der Waals surface area contributed by atoms with Crippen LogP contribution in [0.25, 0.3) is 0 Å². The van der Waals surface area contributed by atoms with Crippen molar-refractivity contribution in [2.75, 3.05) is 33.0 Å². The van der Waals surface area contributed by atoms with Crippen molar-refractivity contribution < 1.29 is 32.8 Å². The van der Waals surface area contributed by atoms with Gasteiger partial charge in [0.2, 0.25) is 0 Å². The Morgan fingerprint density at radius 1 is 0.484 bits per heavy atom. The fourth-order valence-corrected chi connectivity index (χ4v) is 8.12. The molecule has 0 fully saturated rings. The lowest BCUT2D eigenvalue weighted by Gasteiger charge is -2.20. The number of phosphoric ester groups is 1. The minimum absolute atomic E-state index is 0.0972. The highest BCUT2D eigenvalue weighted by Crippen LogP contribution is 2.43. The molecule has 0 aliphatic carbocycles. The van der Waals surface area contributed by atoms with E-state index in [0.29, 0.717) is 13.0 Å². The van der Waals surface area contributed by atoms with Gasteiger partial charge in [0.25, 0.3) is 0 Å². The maximum absolute atomic E-state index is 12.7. The van der Waals surface area contributed by atoms with Crippen molar-refractivity contribution >= 4 is 13.8 Å². The highest BCUT2D eigenvalue weighted by Gasteiger charge is 2.25. The van der Waals surface area contributed by atoms with Gasteiger partial charge in [-0.2, -0.15) is 0 Å². The summed E-state index contributed by atoms with van der Waals surface area (Å²) in [6.45, 7) is 4.90. The number of nitrogens with two attached hydrogens (primary N) is 1. The van der Waals surface area contributed by atoms with Crippen LogP contribution in [0.2, 0.25) is 0 Å². The third-order valence-electron chi connectivity index (χ3n) is 11.2. The highest BCUT2D eigenvalue weighted by atomic mass is 31.2. The highest BCUT2D eigenvalue weighted by molar-refractivity contribution is 7.47. The number of hydrogen-bond acceptors (Lipinski definition) is 7. The molecule has 0 rings (SSSR count). The molecular formula is C53H100NO7P. The van der Waals surface area contributed by atoms with Gasteiger partial charge in [0.1, 0.15) is 6.10 Å². The van der Waals surface area contributed by atoms with Crippen LogP contribution in [0.15, 0.2) is 48.6 Å². The smallest absolute Gasteiger partial charge is 0.457 e. The van der Waals surface area contributed by atoms with Crippen LogP contribution in [0.3, 0.4) is 0 Å². The molecule has 8 nitrogen and oxygen atoms in total. The average molecular weight is 894 g/mol. The van der Waals surface area contributed by atoms with Crippen LogP contribution in [0.1, 0.15) is 245 Å². The van der Waals surface area contributed by atoms with E-state index < -0.39 is 13.9 Å². The third kappa shape index (κ3) is 49.5. The fourth-order valence-electron chi connectivity index (χ4n) is 7.35. The maximum atomic E-state index is 12.7. The second-order valence-electron chi connectivity index (χ2n) is 17.4. The number of esters is 1. The summed E-state index contributed by atoms with van der Waals surface area (Å²) in [5, 5.41) is 0. The van der Waals surface area contributed by atoms with Gasteiger partial charge in [-0.25, -0.2) is 4.57 Å². The Kier molecular flexibility index (Phi) is 49.2. The molecule has 364 valence electrons. The van der Waals surface area contributed by atoms with E-state index in [1.807, 2.05) is 0 Å². The van der Waals surface area contributed by atoms with Crippen LogP contribution >= 0.6 is 7.82 Å². The van der Waals surface area contributed by atoms with Crippen molar-refractivity contribution in [1.29, 1.82) is 0 Å². The van der Waals surface area contributed by atoms with Gasteiger partial charge in [-0.3, -0.25) is 13.8 Å². The van der Waals surface area contributed by atoms with Crippen LogP contribution in [-0.2, 0) is 27.9 Å². The molecule has 0 aliphatic heterocycles. The van der Waals surface area contributed by atoms with Crippen LogP contribution < -0.4 is 5.73 Å². The number of rotatable bonds is 50. The summed E-state index contributed by atoms with van der Waals surface area (Å²) in [5.74, 6) is -0.331. The van der Waals surface area contributed by atoms with Gasteiger partial charge in [-0.15, -0.1) is 0 Å². The SMILES string of the molecule is CCCCC/C=C\C/C=C\CCCCCCCCCCOCC(COP(=O)(O)OCCN)OC(=O)CCCCCCCCCCCCCCC/C=C\C/C=C\CCCCCCC. The molecule has 0 aliphatic rings. The second kappa shape index (κ2) is 50.5.